The van der Waals surface area contributed by atoms with Crippen molar-refractivity contribution >= 4 is 17.7 Å². The quantitative estimate of drug-likeness (QED) is 0.875. The molecule has 1 aromatic rings. The van der Waals surface area contributed by atoms with E-state index in [4.69, 9.17) is 9.84 Å². The number of nitrogens with zero attached hydrogens (tertiary/aromatic N) is 2. The summed E-state index contributed by atoms with van der Waals surface area (Å²) in [6.07, 6.45) is -0.391. The molecule has 0 radical (unpaired) electrons. The molecule has 20 heavy (non-hydrogen) atoms. The lowest BCUT2D eigenvalue weighted by atomic mass is 10.1. The van der Waals surface area contributed by atoms with Gasteiger partial charge in [-0.3, -0.25) is 9.69 Å². The Labute approximate surface area is 117 Å². The Balaban J connectivity index is 2.20. The minimum Gasteiger partial charge on any atom is -0.447 e. The summed E-state index contributed by atoms with van der Waals surface area (Å²) in [5.74, 6) is -0.157. The molecule has 0 bridgehead atoms. The van der Waals surface area contributed by atoms with Crippen molar-refractivity contribution in [2.45, 2.75) is 6.92 Å². The molecular weight excluding hydrogens is 260 g/mol. The van der Waals surface area contributed by atoms with E-state index in [0.717, 1.165) is 0 Å². The molecule has 6 heteroatoms. The molecule has 2 rings (SSSR count). The van der Waals surface area contributed by atoms with Gasteiger partial charge in [0.2, 0.25) is 0 Å². The number of carbonyl (C=O) groups excluding carboxylic acids is 2. The van der Waals surface area contributed by atoms with Crippen molar-refractivity contribution in [3.8, 4) is 0 Å². The first-order valence-corrected chi connectivity index (χ1v) is 6.62. The second-order valence-corrected chi connectivity index (χ2v) is 4.42. The lowest BCUT2D eigenvalue weighted by molar-refractivity contribution is 0.0732. The smallest absolute Gasteiger partial charge is 0.414 e. The number of aliphatic hydroxyl groups is 1. The predicted octanol–water partition coefficient (Wildman–Crippen LogP) is 1.10. The molecule has 0 unspecified atom stereocenters. The van der Waals surface area contributed by atoms with Gasteiger partial charge in [0, 0.05) is 24.3 Å². The Bertz CT molecular complexity index is 504. The number of carbonyl (C=O) groups is 2. The number of hydrogen-bond donors (Lipinski definition) is 1. The zero-order valence-electron chi connectivity index (χ0n) is 11.4. The maximum Gasteiger partial charge on any atom is 0.414 e. The first-order chi connectivity index (χ1) is 9.67. The van der Waals surface area contributed by atoms with E-state index < -0.39 is 6.09 Å². The van der Waals surface area contributed by atoms with Gasteiger partial charge in [-0.1, -0.05) is 6.07 Å². The standard InChI is InChI=1S/C14H18N2O4/c1-2-15(6-8-17)13(18)11-4-3-5-12(10-11)16-7-9-20-14(16)19/h3-5,10,17H,2,6-9H2,1H3. The van der Waals surface area contributed by atoms with Gasteiger partial charge >= 0.3 is 6.09 Å². The molecule has 1 aliphatic heterocycles. The molecular formula is C14H18N2O4. The van der Waals surface area contributed by atoms with Crippen molar-refractivity contribution in [2.75, 3.05) is 37.7 Å². The second kappa shape index (κ2) is 6.38. The summed E-state index contributed by atoms with van der Waals surface area (Å²) in [5.41, 5.74) is 1.15. The van der Waals surface area contributed by atoms with Crippen LogP contribution in [-0.4, -0.2) is 54.9 Å². The van der Waals surface area contributed by atoms with Gasteiger partial charge in [-0.15, -0.1) is 0 Å². The van der Waals surface area contributed by atoms with E-state index in [2.05, 4.69) is 0 Å². The molecule has 6 nitrogen and oxygen atoms in total. The van der Waals surface area contributed by atoms with Crippen LogP contribution >= 0.6 is 0 Å². The van der Waals surface area contributed by atoms with Gasteiger partial charge in [0.15, 0.2) is 0 Å². The van der Waals surface area contributed by atoms with Crippen molar-refractivity contribution in [2.24, 2.45) is 0 Å². The molecule has 1 saturated heterocycles. The molecule has 0 atom stereocenters. The first kappa shape index (κ1) is 14.3. The van der Waals surface area contributed by atoms with Crippen LogP contribution in [0.1, 0.15) is 17.3 Å². The van der Waals surface area contributed by atoms with Gasteiger partial charge in [-0.25, -0.2) is 4.79 Å². The fourth-order valence-corrected chi connectivity index (χ4v) is 2.14. The van der Waals surface area contributed by atoms with Gasteiger partial charge in [0.1, 0.15) is 6.61 Å². The van der Waals surface area contributed by atoms with Crippen molar-refractivity contribution in [3.63, 3.8) is 0 Å². The minimum atomic E-state index is -0.391. The number of benzene rings is 1. The van der Waals surface area contributed by atoms with Crippen LogP contribution in [0.25, 0.3) is 0 Å². The van der Waals surface area contributed by atoms with E-state index in [1.807, 2.05) is 6.92 Å². The van der Waals surface area contributed by atoms with Crippen LogP contribution in [0.4, 0.5) is 10.5 Å². The van der Waals surface area contributed by atoms with Gasteiger partial charge in [0.25, 0.3) is 5.91 Å². The van der Waals surface area contributed by atoms with Crippen LogP contribution in [0.2, 0.25) is 0 Å². The molecule has 1 aromatic carbocycles. The summed E-state index contributed by atoms with van der Waals surface area (Å²) >= 11 is 0. The summed E-state index contributed by atoms with van der Waals surface area (Å²) in [5, 5.41) is 8.96. The van der Waals surface area contributed by atoms with Crippen LogP contribution in [0.15, 0.2) is 24.3 Å². The molecule has 0 aliphatic carbocycles. The third kappa shape index (κ3) is 2.91. The van der Waals surface area contributed by atoms with Crippen molar-refractivity contribution in [1.29, 1.82) is 0 Å². The Hall–Kier alpha value is -2.08. The van der Waals surface area contributed by atoms with Crippen LogP contribution in [-0.2, 0) is 4.74 Å². The van der Waals surface area contributed by atoms with E-state index in [1.54, 1.807) is 29.2 Å². The number of amides is 2. The van der Waals surface area contributed by atoms with Crippen molar-refractivity contribution in [1.82, 2.24) is 4.90 Å². The average molecular weight is 278 g/mol. The second-order valence-electron chi connectivity index (χ2n) is 4.42. The molecule has 1 N–H and O–H groups in total. The minimum absolute atomic E-state index is 0.0717. The summed E-state index contributed by atoms with van der Waals surface area (Å²) < 4.78 is 4.89. The topological polar surface area (TPSA) is 70.1 Å². The third-order valence-electron chi connectivity index (χ3n) is 3.20. The van der Waals surface area contributed by atoms with E-state index in [1.165, 1.54) is 4.90 Å². The number of aliphatic hydroxyl groups excluding tert-OH is 1. The molecule has 108 valence electrons. The molecule has 1 heterocycles. The average Bonchev–Trinajstić information content (AvgIpc) is 2.90. The molecule has 0 aromatic heterocycles. The molecule has 2 amide bonds. The zero-order valence-corrected chi connectivity index (χ0v) is 11.4. The van der Waals surface area contributed by atoms with Gasteiger partial charge in [-0.2, -0.15) is 0 Å². The highest BCUT2D eigenvalue weighted by Gasteiger charge is 2.24. The maximum absolute atomic E-state index is 12.3. The predicted molar refractivity (Wildman–Crippen MR) is 73.8 cm³/mol. The van der Waals surface area contributed by atoms with Crippen LogP contribution < -0.4 is 4.90 Å². The van der Waals surface area contributed by atoms with E-state index >= 15 is 0 Å². The van der Waals surface area contributed by atoms with Crippen LogP contribution in [0, 0.1) is 0 Å². The fourth-order valence-electron chi connectivity index (χ4n) is 2.14. The highest BCUT2D eigenvalue weighted by Crippen LogP contribution is 2.20. The normalized spacial score (nSPS) is 14.3. The van der Waals surface area contributed by atoms with Gasteiger partial charge in [-0.05, 0) is 25.1 Å². The lowest BCUT2D eigenvalue weighted by Gasteiger charge is -2.20. The maximum atomic E-state index is 12.3. The Morgan fingerprint density at radius 2 is 2.30 bits per heavy atom. The highest BCUT2D eigenvalue weighted by atomic mass is 16.6. The lowest BCUT2D eigenvalue weighted by Crippen LogP contribution is -2.33. The number of rotatable bonds is 5. The van der Waals surface area contributed by atoms with Gasteiger partial charge in [0.05, 0.1) is 13.2 Å². The fraction of sp³-hybridized carbons (Fsp3) is 0.429. The third-order valence-corrected chi connectivity index (χ3v) is 3.20. The first-order valence-electron chi connectivity index (χ1n) is 6.62. The molecule has 1 aliphatic rings. The number of ether oxygens (including phenoxy) is 1. The SMILES string of the molecule is CCN(CCO)C(=O)c1cccc(N2CCOC2=O)c1. The van der Waals surface area contributed by atoms with E-state index in [-0.39, 0.29) is 12.5 Å². The molecule has 1 fully saturated rings. The monoisotopic (exact) mass is 278 g/mol. The Kier molecular flexibility index (Phi) is 4.57. The zero-order chi connectivity index (χ0) is 14.5. The largest absolute Gasteiger partial charge is 0.447 e. The summed E-state index contributed by atoms with van der Waals surface area (Å²) in [4.78, 5) is 26.9. The van der Waals surface area contributed by atoms with E-state index in [9.17, 15) is 9.59 Å². The highest BCUT2D eigenvalue weighted by molar-refractivity contribution is 5.97. The number of cyclic esters (lactones) is 1. The summed E-state index contributed by atoms with van der Waals surface area (Å²) in [7, 11) is 0. The van der Waals surface area contributed by atoms with E-state index in [0.29, 0.717) is 37.5 Å². The molecule has 0 saturated carbocycles. The number of anilines is 1. The summed E-state index contributed by atoms with van der Waals surface area (Å²) in [6.45, 7) is 3.46. The number of likely N-dealkylation sites (N-methyl/N-ethyl adjacent to an activating group) is 1. The van der Waals surface area contributed by atoms with Crippen LogP contribution in [0.3, 0.4) is 0 Å². The Morgan fingerprint density at radius 1 is 1.50 bits per heavy atom. The van der Waals surface area contributed by atoms with Crippen molar-refractivity contribution < 1.29 is 19.4 Å². The van der Waals surface area contributed by atoms with Gasteiger partial charge < -0.3 is 14.7 Å². The number of hydrogen-bond acceptors (Lipinski definition) is 4. The Morgan fingerprint density at radius 3 is 2.90 bits per heavy atom. The van der Waals surface area contributed by atoms with Crippen molar-refractivity contribution in [3.05, 3.63) is 29.8 Å². The van der Waals surface area contributed by atoms with Crippen LogP contribution in [0.5, 0.6) is 0 Å². The molecule has 0 spiro atoms. The summed E-state index contributed by atoms with van der Waals surface area (Å²) in [6, 6.07) is 6.88.